The molecule has 7 heteroatoms. The van der Waals surface area contributed by atoms with Gasteiger partial charge in [0.25, 0.3) is 0 Å². The summed E-state index contributed by atoms with van der Waals surface area (Å²) in [6.45, 7) is 0. The molecule has 0 rings (SSSR count). The van der Waals surface area contributed by atoms with Crippen molar-refractivity contribution in [2.24, 2.45) is 0 Å². The summed E-state index contributed by atoms with van der Waals surface area (Å²) in [6.07, 6.45) is 0. The maximum Gasteiger partial charge on any atom is 1.00 e. The van der Waals surface area contributed by atoms with E-state index in [-0.39, 0.29) is 60.5 Å². The van der Waals surface area contributed by atoms with Crippen molar-refractivity contribution >= 4 is 38.6 Å². The number of hydrogen-bond acceptors (Lipinski definition) is 4. The van der Waals surface area contributed by atoms with Gasteiger partial charge in [0.1, 0.15) is 0 Å². The summed E-state index contributed by atoms with van der Waals surface area (Å²) < 4.78 is 0. The Morgan fingerprint density at radius 3 is 1.00 bits per heavy atom. The standard InChI is InChI=1S/2Na.H4O4Si.H/c;;1-5(2,3)4;/h;;1-4H;/q;+1;;-1. The van der Waals surface area contributed by atoms with Gasteiger partial charge in [0.15, 0.2) is 0 Å². The Labute approximate surface area is 87.7 Å². The molecule has 0 aliphatic rings. The van der Waals surface area contributed by atoms with Crippen molar-refractivity contribution in [1.29, 1.82) is 0 Å². The maximum absolute atomic E-state index is 7.33. The molecule has 4 nitrogen and oxygen atoms in total. The molecule has 7 heavy (non-hydrogen) atoms. The maximum atomic E-state index is 7.33. The van der Waals surface area contributed by atoms with Crippen LogP contribution in [-0.2, 0) is 0 Å². The van der Waals surface area contributed by atoms with Crippen LogP contribution in [0.1, 0.15) is 1.43 Å². The molecule has 0 aliphatic carbocycles. The Hall–Kier alpha value is 2.06. The molecular weight excluding hydrogens is 138 g/mol. The fourth-order valence-electron chi connectivity index (χ4n) is 0. The molecule has 35 valence electrons. The van der Waals surface area contributed by atoms with E-state index in [0.29, 0.717) is 0 Å². The summed E-state index contributed by atoms with van der Waals surface area (Å²) in [5.41, 5.74) is 0. The second kappa shape index (κ2) is 6.18. The zero-order valence-corrected chi connectivity index (χ0v) is 9.29. The zero-order valence-electron chi connectivity index (χ0n) is 5.29. The van der Waals surface area contributed by atoms with Crippen LogP contribution >= 0.6 is 0 Å². The second-order valence-electron chi connectivity index (χ2n) is 0.600. The fraction of sp³-hybridized carbons (Fsp3) is 0. The predicted molar refractivity (Wildman–Crippen MR) is 21.5 cm³/mol. The Morgan fingerprint density at radius 2 is 1.00 bits per heavy atom. The molecule has 0 aliphatic heterocycles. The Morgan fingerprint density at radius 1 is 1.00 bits per heavy atom. The van der Waals surface area contributed by atoms with Crippen molar-refractivity contribution < 1.29 is 50.2 Å². The third kappa shape index (κ3) is 69.9. The first-order valence-corrected chi connectivity index (χ1v) is 2.68. The van der Waals surface area contributed by atoms with Crippen LogP contribution in [0.2, 0.25) is 0 Å². The normalized spacial score (nSPS) is 8.57. The van der Waals surface area contributed by atoms with Gasteiger partial charge >= 0.3 is 38.6 Å². The van der Waals surface area contributed by atoms with Crippen LogP contribution in [0.4, 0.5) is 0 Å². The van der Waals surface area contributed by atoms with Crippen LogP contribution in [0.15, 0.2) is 0 Å². The molecule has 0 saturated carbocycles. The van der Waals surface area contributed by atoms with Crippen LogP contribution < -0.4 is 29.6 Å². The van der Waals surface area contributed by atoms with Gasteiger partial charge in [-0.3, -0.25) is 0 Å². The minimum atomic E-state index is -4.61. The van der Waals surface area contributed by atoms with E-state index in [1.165, 1.54) is 0 Å². The molecule has 0 unspecified atom stereocenters. The molecule has 0 amide bonds. The average molecular weight is 143 g/mol. The molecule has 0 bridgehead atoms. The molecule has 0 aromatic heterocycles. The van der Waals surface area contributed by atoms with E-state index < -0.39 is 9.05 Å². The van der Waals surface area contributed by atoms with Gasteiger partial charge in [-0.05, 0) is 0 Å². The SMILES string of the molecule is O[Si](O)(O)O.[H-].[Na+].[Na]. The zero-order chi connectivity index (χ0) is 4.50. The molecular formula is H5Na2O4Si. The first-order valence-electron chi connectivity index (χ1n) is 0.894. The van der Waals surface area contributed by atoms with E-state index in [2.05, 4.69) is 0 Å². The van der Waals surface area contributed by atoms with Crippen LogP contribution in [0.5, 0.6) is 0 Å². The molecule has 1 radical (unpaired) electrons. The van der Waals surface area contributed by atoms with Crippen molar-refractivity contribution in [1.82, 2.24) is 0 Å². The third-order valence-corrected chi connectivity index (χ3v) is 0. The van der Waals surface area contributed by atoms with E-state index in [1.807, 2.05) is 0 Å². The van der Waals surface area contributed by atoms with Crippen molar-refractivity contribution in [2.45, 2.75) is 0 Å². The summed E-state index contributed by atoms with van der Waals surface area (Å²) in [5, 5.41) is 0. The summed E-state index contributed by atoms with van der Waals surface area (Å²) >= 11 is 0. The second-order valence-corrected chi connectivity index (χ2v) is 1.80. The quantitative estimate of drug-likeness (QED) is 0.255. The Balaban J connectivity index is -0.0000000267. The van der Waals surface area contributed by atoms with E-state index in [4.69, 9.17) is 19.2 Å². The monoisotopic (exact) mass is 143 g/mol. The van der Waals surface area contributed by atoms with Crippen LogP contribution in [0.3, 0.4) is 0 Å². The minimum Gasteiger partial charge on any atom is -1.00 e. The molecule has 4 N–H and O–H groups in total. The van der Waals surface area contributed by atoms with Gasteiger partial charge in [-0.1, -0.05) is 0 Å². The van der Waals surface area contributed by atoms with Crippen LogP contribution in [-0.4, -0.2) is 57.8 Å². The van der Waals surface area contributed by atoms with Crippen molar-refractivity contribution in [2.75, 3.05) is 0 Å². The van der Waals surface area contributed by atoms with E-state index >= 15 is 0 Å². The first kappa shape index (κ1) is 16.0. The van der Waals surface area contributed by atoms with Gasteiger partial charge in [0.2, 0.25) is 0 Å². The predicted octanol–water partition coefficient (Wildman–Crippen LogP) is -5.87. The summed E-state index contributed by atoms with van der Waals surface area (Å²) in [6, 6.07) is 0. The van der Waals surface area contributed by atoms with Crippen LogP contribution in [0.25, 0.3) is 0 Å². The van der Waals surface area contributed by atoms with Gasteiger partial charge in [-0.15, -0.1) is 0 Å². The molecule has 0 aromatic rings. The first-order chi connectivity index (χ1) is 2.00. The smallest absolute Gasteiger partial charge is 1.00 e. The van der Waals surface area contributed by atoms with Gasteiger partial charge in [-0.25, -0.2) is 0 Å². The number of hydrogen-bond donors (Lipinski definition) is 4. The van der Waals surface area contributed by atoms with E-state index in [1.54, 1.807) is 0 Å². The number of rotatable bonds is 0. The van der Waals surface area contributed by atoms with Crippen LogP contribution in [0, 0.1) is 0 Å². The van der Waals surface area contributed by atoms with Crippen molar-refractivity contribution in [3.63, 3.8) is 0 Å². The average Bonchev–Trinajstić information content (AvgIpc) is 0.722. The minimum absolute atomic E-state index is 0. The van der Waals surface area contributed by atoms with E-state index in [9.17, 15) is 0 Å². The van der Waals surface area contributed by atoms with E-state index in [0.717, 1.165) is 0 Å². The Kier molecular flexibility index (Phi) is 14.2. The van der Waals surface area contributed by atoms with Crippen molar-refractivity contribution in [3.8, 4) is 0 Å². The van der Waals surface area contributed by atoms with Gasteiger partial charge in [0.05, 0.1) is 0 Å². The summed E-state index contributed by atoms with van der Waals surface area (Å²) in [4.78, 5) is 29.3. The molecule has 0 atom stereocenters. The summed E-state index contributed by atoms with van der Waals surface area (Å²) in [7, 11) is -4.61. The fourth-order valence-corrected chi connectivity index (χ4v) is 0. The molecule has 0 spiro atoms. The third-order valence-electron chi connectivity index (χ3n) is 0. The van der Waals surface area contributed by atoms with Crippen molar-refractivity contribution in [3.05, 3.63) is 0 Å². The Bertz CT molecular complexity index is 29.5. The van der Waals surface area contributed by atoms with Gasteiger partial charge < -0.3 is 20.6 Å². The molecule has 0 saturated heterocycles. The molecule has 0 heterocycles. The molecule has 0 fully saturated rings. The molecule has 0 aromatic carbocycles. The van der Waals surface area contributed by atoms with Gasteiger partial charge in [-0.2, -0.15) is 0 Å². The summed E-state index contributed by atoms with van der Waals surface area (Å²) in [5.74, 6) is 0. The topological polar surface area (TPSA) is 80.9 Å². The van der Waals surface area contributed by atoms with Gasteiger partial charge in [0, 0.05) is 29.6 Å². The largest absolute Gasteiger partial charge is 1.00 e.